The zero-order valence-corrected chi connectivity index (χ0v) is 13.7. The predicted molar refractivity (Wildman–Crippen MR) is 90.0 cm³/mol. The number of rotatable bonds is 5. The van der Waals surface area contributed by atoms with Crippen LogP contribution < -0.4 is 10.1 Å². The first-order valence-corrected chi connectivity index (χ1v) is 7.53. The fourth-order valence-electron chi connectivity index (χ4n) is 2.49. The van der Waals surface area contributed by atoms with E-state index in [1.165, 1.54) is 4.52 Å². The van der Waals surface area contributed by atoms with E-state index in [1.807, 2.05) is 6.07 Å². The number of anilines is 1. The van der Waals surface area contributed by atoms with Crippen LogP contribution in [0.4, 0.5) is 5.95 Å². The van der Waals surface area contributed by atoms with Crippen molar-refractivity contribution >= 4 is 23.5 Å². The quantitative estimate of drug-likeness (QED) is 0.736. The molecule has 0 aliphatic rings. The number of carbonyl (C=O) groups is 2. The highest BCUT2D eigenvalue weighted by atomic mass is 16.5. The van der Waals surface area contributed by atoms with Crippen LogP contribution >= 0.6 is 0 Å². The molecular weight excluding hydrogens is 324 g/mol. The molecule has 0 unspecified atom stereocenters. The van der Waals surface area contributed by atoms with Crippen LogP contribution in [-0.4, -0.2) is 38.2 Å². The number of para-hydroxylation sites is 1. The maximum atomic E-state index is 12.0. The lowest BCUT2D eigenvalue weighted by atomic mass is 10.1. The van der Waals surface area contributed by atoms with E-state index in [0.717, 1.165) is 0 Å². The summed E-state index contributed by atoms with van der Waals surface area (Å²) in [6.45, 7) is 3.27. The van der Waals surface area contributed by atoms with Gasteiger partial charge in [0, 0.05) is 5.69 Å². The predicted octanol–water partition coefficient (Wildman–Crippen LogP) is 2.06. The number of hydrogen-bond acceptors (Lipinski definition) is 5. The molecule has 0 atom stereocenters. The number of nitrogens with one attached hydrogen (secondary N) is 1. The molecule has 2 N–H and O–H groups in total. The molecule has 3 aromatic rings. The number of ether oxygens (including phenoxy) is 1. The average molecular weight is 340 g/mol. The Morgan fingerprint density at radius 1 is 1.24 bits per heavy atom. The van der Waals surface area contributed by atoms with Crippen LogP contribution in [0.1, 0.15) is 21.6 Å². The third-order valence-corrected chi connectivity index (χ3v) is 3.56. The number of benzene rings is 1. The highest BCUT2D eigenvalue weighted by Crippen LogP contribution is 2.18. The average Bonchev–Trinajstić information content (AvgIpc) is 2.97. The highest BCUT2D eigenvalue weighted by Gasteiger charge is 2.19. The van der Waals surface area contributed by atoms with Crippen LogP contribution in [0, 0.1) is 13.8 Å². The minimum absolute atomic E-state index is 0.0258. The van der Waals surface area contributed by atoms with Gasteiger partial charge in [0.25, 0.3) is 5.91 Å². The maximum Gasteiger partial charge on any atom is 0.339 e. The van der Waals surface area contributed by atoms with E-state index in [1.54, 1.807) is 44.2 Å². The van der Waals surface area contributed by atoms with Crippen molar-refractivity contribution in [1.29, 1.82) is 0 Å². The van der Waals surface area contributed by atoms with Gasteiger partial charge in [-0.05, 0) is 37.6 Å². The largest absolute Gasteiger partial charge is 0.484 e. The molecule has 0 fully saturated rings. The van der Waals surface area contributed by atoms with Gasteiger partial charge in [0.15, 0.2) is 12.3 Å². The molecule has 0 spiro atoms. The minimum Gasteiger partial charge on any atom is -0.484 e. The van der Waals surface area contributed by atoms with Crippen LogP contribution in [0.5, 0.6) is 5.75 Å². The monoisotopic (exact) mass is 340 g/mol. The first-order valence-electron chi connectivity index (χ1n) is 7.53. The number of amides is 1. The van der Waals surface area contributed by atoms with Gasteiger partial charge in [-0.2, -0.15) is 4.98 Å². The van der Waals surface area contributed by atoms with Gasteiger partial charge in [-0.25, -0.2) is 9.31 Å². The molecule has 0 saturated heterocycles. The molecule has 0 aliphatic carbocycles. The van der Waals surface area contributed by atoms with Gasteiger partial charge in [0.2, 0.25) is 5.95 Å². The summed E-state index contributed by atoms with van der Waals surface area (Å²) in [5, 5.41) is 16.0. The van der Waals surface area contributed by atoms with Gasteiger partial charge < -0.3 is 9.84 Å². The molecule has 1 amide bonds. The molecule has 0 saturated carbocycles. The fourth-order valence-corrected chi connectivity index (χ4v) is 2.49. The number of nitrogens with zero attached hydrogens (tertiary/aromatic N) is 3. The summed E-state index contributed by atoms with van der Waals surface area (Å²) in [6.07, 6.45) is 0. The summed E-state index contributed by atoms with van der Waals surface area (Å²) < 4.78 is 6.74. The smallest absolute Gasteiger partial charge is 0.339 e. The van der Waals surface area contributed by atoms with Crippen molar-refractivity contribution in [3.05, 3.63) is 53.2 Å². The SMILES string of the molecule is Cc1cc(C)n2nc(NC(=O)COc3ccccc3)nc2c1C(=O)O. The van der Waals surface area contributed by atoms with Gasteiger partial charge in [-0.15, -0.1) is 5.10 Å². The summed E-state index contributed by atoms with van der Waals surface area (Å²) in [5.74, 6) is -0.940. The summed E-state index contributed by atoms with van der Waals surface area (Å²) >= 11 is 0. The van der Waals surface area contributed by atoms with Crippen LogP contribution in [0.2, 0.25) is 0 Å². The van der Waals surface area contributed by atoms with E-state index in [2.05, 4.69) is 15.4 Å². The van der Waals surface area contributed by atoms with E-state index in [-0.39, 0.29) is 23.8 Å². The number of fused-ring (bicyclic) bond motifs is 1. The topological polar surface area (TPSA) is 106 Å². The number of aryl methyl sites for hydroxylation is 2. The van der Waals surface area contributed by atoms with Crippen molar-refractivity contribution in [1.82, 2.24) is 14.6 Å². The van der Waals surface area contributed by atoms with E-state index < -0.39 is 11.9 Å². The van der Waals surface area contributed by atoms with Crippen LogP contribution in [-0.2, 0) is 4.79 Å². The molecule has 1 aromatic carbocycles. The first-order chi connectivity index (χ1) is 12.0. The third kappa shape index (κ3) is 3.42. The Hall–Kier alpha value is -3.42. The fraction of sp³-hybridized carbons (Fsp3) is 0.176. The Morgan fingerprint density at radius 3 is 2.64 bits per heavy atom. The summed E-state index contributed by atoms with van der Waals surface area (Å²) in [5.41, 5.74) is 1.53. The second-order valence-corrected chi connectivity index (χ2v) is 5.47. The number of aromatic nitrogens is 3. The zero-order chi connectivity index (χ0) is 18.0. The number of carboxylic acids is 1. The Bertz CT molecular complexity index is 950. The van der Waals surface area contributed by atoms with Crippen molar-refractivity contribution in [3.8, 4) is 5.75 Å². The van der Waals surface area contributed by atoms with Crippen LogP contribution in [0.3, 0.4) is 0 Å². The molecular formula is C17H16N4O4. The Morgan fingerprint density at radius 2 is 1.96 bits per heavy atom. The van der Waals surface area contributed by atoms with Crippen molar-refractivity contribution in [2.24, 2.45) is 0 Å². The first kappa shape index (κ1) is 16.4. The molecule has 0 aliphatic heterocycles. The Labute approximate surface area is 143 Å². The Balaban J connectivity index is 1.80. The van der Waals surface area contributed by atoms with E-state index in [4.69, 9.17) is 4.74 Å². The van der Waals surface area contributed by atoms with Gasteiger partial charge >= 0.3 is 5.97 Å². The molecule has 8 nitrogen and oxygen atoms in total. The second kappa shape index (κ2) is 6.60. The van der Waals surface area contributed by atoms with E-state index >= 15 is 0 Å². The second-order valence-electron chi connectivity index (χ2n) is 5.47. The summed E-state index contributed by atoms with van der Waals surface area (Å²) in [6, 6.07) is 10.6. The lowest BCUT2D eigenvalue weighted by Gasteiger charge is -2.04. The van der Waals surface area contributed by atoms with Crippen molar-refractivity contribution in [3.63, 3.8) is 0 Å². The number of pyridine rings is 1. The Kier molecular flexibility index (Phi) is 4.34. The molecule has 8 heteroatoms. The normalized spacial score (nSPS) is 10.6. The van der Waals surface area contributed by atoms with Gasteiger partial charge in [-0.1, -0.05) is 18.2 Å². The van der Waals surface area contributed by atoms with Crippen LogP contribution in [0.15, 0.2) is 36.4 Å². The van der Waals surface area contributed by atoms with Gasteiger partial charge in [0.05, 0.1) is 0 Å². The number of carbonyl (C=O) groups excluding carboxylic acids is 1. The minimum atomic E-state index is -1.10. The lowest BCUT2D eigenvalue weighted by molar-refractivity contribution is -0.118. The van der Waals surface area contributed by atoms with Crippen molar-refractivity contribution in [2.45, 2.75) is 13.8 Å². The third-order valence-electron chi connectivity index (χ3n) is 3.56. The highest BCUT2D eigenvalue weighted by molar-refractivity contribution is 5.97. The van der Waals surface area contributed by atoms with Crippen LogP contribution in [0.25, 0.3) is 5.65 Å². The molecule has 2 aromatic heterocycles. The zero-order valence-electron chi connectivity index (χ0n) is 13.7. The standard InChI is InChI=1S/C17H16N4O4/c1-10-8-11(2)21-15(14(10)16(23)24)19-17(20-21)18-13(22)9-25-12-6-4-3-5-7-12/h3-8H,9H2,1-2H3,(H,23,24)(H,18,20,22). The van der Waals surface area contributed by atoms with Gasteiger partial charge in [0.1, 0.15) is 11.3 Å². The molecule has 0 bridgehead atoms. The number of carboxylic acid groups (broad SMARTS) is 1. The number of hydrogen-bond donors (Lipinski definition) is 2. The summed E-state index contributed by atoms with van der Waals surface area (Å²) in [4.78, 5) is 27.6. The lowest BCUT2D eigenvalue weighted by Crippen LogP contribution is -2.20. The molecule has 128 valence electrons. The molecule has 25 heavy (non-hydrogen) atoms. The molecule has 0 radical (unpaired) electrons. The molecule has 3 rings (SSSR count). The number of aromatic carboxylic acids is 1. The maximum absolute atomic E-state index is 12.0. The molecule has 2 heterocycles. The van der Waals surface area contributed by atoms with E-state index in [9.17, 15) is 14.7 Å². The van der Waals surface area contributed by atoms with E-state index in [0.29, 0.717) is 17.0 Å². The van der Waals surface area contributed by atoms with Crippen molar-refractivity contribution in [2.75, 3.05) is 11.9 Å². The van der Waals surface area contributed by atoms with Gasteiger partial charge in [-0.3, -0.25) is 10.1 Å². The summed E-state index contributed by atoms with van der Waals surface area (Å²) in [7, 11) is 0. The van der Waals surface area contributed by atoms with Crippen molar-refractivity contribution < 1.29 is 19.4 Å².